The van der Waals surface area contributed by atoms with Crippen molar-refractivity contribution in [2.45, 2.75) is 52.5 Å². The Labute approximate surface area is 122 Å². The Morgan fingerprint density at radius 1 is 1.15 bits per heavy atom. The number of aryl methyl sites for hydroxylation is 1. The molecule has 3 nitrogen and oxygen atoms in total. The Hall–Kier alpha value is -1.35. The van der Waals surface area contributed by atoms with Crippen molar-refractivity contribution in [3.8, 4) is 0 Å². The van der Waals surface area contributed by atoms with Crippen LogP contribution in [0.1, 0.15) is 51.7 Å². The van der Waals surface area contributed by atoms with Crippen molar-refractivity contribution in [1.82, 2.24) is 5.32 Å². The van der Waals surface area contributed by atoms with Crippen LogP contribution in [0.5, 0.6) is 0 Å². The number of hydrogen-bond donors (Lipinski definition) is 1. The lowest BCUT2D eigenvalue weighted by Gasteiger charge is -2.29. The molecule has 1 rings (SSSR count). The standard InChI is InChI=1S/C17H27NO2/c1-5-8-14-9-11-15(12-10-14)17(4,18-13-6-2)16(19)20-7-3/h9-12,18H,5-8,13H2,1-4H3. The molecule has 0 bridgehead atoms. The van der Waals surface area contributed by atoms with Gasteiger partial charge < -0.3 is 4.74 Å². The maximum absolute atomic E-state index is 12.3. The van der Waals surface area contributed by atoms with Crippen LogP contribution in [0.3, 0.4) is 0 Å². The molecule has 0 spiro atoms. The monoisotopic (exact) mass is 277 g/mol. The second-order valence-electron chi connectivity index (χ2n) is 5.22. The minimum Gasteiger partial charge on any atom is -0.464 e. The fraction of sp³-hybridized carbons (Fsp3) is 0.588. The smallest absolute Gasteiger partial charge is 0.330 e. The molecule has 3 heteroatoms. The van der Waals surface area contributed by atoms with Gasteiger partial charge in [-0.3, -0.25) is 5.32 Å². The highest BCUT2D eigenvalue weighted by atomic mass is 16.5. The summed E-state index contributed by atoms with van der Waals surface area (Å²) in [5.74, 6) is -0.211. The molecule has 1 unspecified atom stereocenters. The zero-order valence-corrected chi connectivity index (χ0v) is 13.2. The van der Waals surface area contributed by atoms with Crippen LogP contribution in [0.2, 0.25) is 0 Å². The molecular formula is C17H27NO2. The maximum Gasteiger partial charge on any atom is 0.330 e. The average molecular weight is 277 g/mol. The molecule has 0 heterocycles. The van der Waals surface area contributed by atoms with Crippen LogP contribution < -0.4 is 5.32 Å². The molecule has 0 saturated carbocycles. The van der Waals surface area contributed by atoms with Crippen molar-refractivity contribution in [3.63, 3.8) is 0 Å². The van der Waals surface area contributed by atoms with E-state index in [9.17, 15) is 4.79 Å². The average Bonchev–Trinajstić information content (AvgIpc) is 2.46. The van der Waals surface area contributed by atoms with E-state index in [4.69, 9.17) is 4.74 Å². The van der Waals surface area contributed by atoms with Crippen LogP contribution in [-0.4, -0.2) is 19.1 Å². The predicted octanol–water partition coefficient (Wildman–Crippen LogP) is 3.42. The van der Waals surface area contributed by atoms with E-state index in [1.807, 2.05) is 26.0 Å². The summed E-state index contributed by atoms with van der Waals surface area (Å²) in [6, 6.07) is 8.27. The predicted molar refractivity (Wildman–Crippen MR) is 82.7 cm³/mol. The molecule has 0 aliphatic rings. The van der Waals surface area contributed by atoms with Gasteiger partial charge in [-0.25, -0.2) is 4.79 Å². The molecule has 0 saturated heterocycles. The molecule has 1 atom stereocenters. The second kappa shape index (κ2) is 8.05. The Bertz CT molecular complexity index is 414. The topological polar surface area (TPSA) is 38.3 Å². The number of carbonyl (C=O) groups excluding carboxylic acids is 1. The summed E-state index contributed by atoms with van der Waals surface area (Å²) in [7, 11) is 0. The highest BCUT2D eigenvalue weighted by molar-refractivity contribution is 5.82. The third kappa shape index (κ3) is 4.07. The quantitative estimate of drug-likeness (QED) is 0.740. The van der Waals surface area contributed by atoms with Crippen molar-refractivity contribution in [2.24, 2.45) is 0 Å². The number of hydrogen-bond acceptors (Lipinski definition) is 3. The van der Waals surface area contributed by atoms with Crippen molar-refractivity contribution in [1.29, 1.82) is 0 Å². The molecule has 0 radical (unpaired) electrons. The van der Waals surface area contributed by atoms with Gasteiger partial charge in [0, 0.05) is 0 Å². The van der Waals surface area contributed by atoms with Gasteiger partial charge in [0.1, 0.15) is 5.54 Å². The van der Waals surface area contributed by atoms with Gasteiger partial charge in [0.15, 0.2) is 0 Å². The van der Waals surface area contributed by atoms with Gasteiger partial charge in [-0.2, -0.15) is 0 Å². The zero-order chi connectivity index (χ0) is 15.0. The lowest BCUT2D eigenvalue weighted by Crippen LogP contribution is -2.48. The summed E-state index contributed by atoms with van der Waals surface area (Å²) in [5, 5.41) is 3.32. The van der Waals surface area contributed by atoms with Crippen molar-refractivity contribution in [2.75, 3.05) is 13.2 Å². The molecular weight excluding hydrogens is 250 g/mol. The normalized spacial score (nSPS) is 13.8. The zero-order valence-electron chi connectivity index (χ0n) is 13.2. The number of ether oxygens (including phenoxy) is 1. The van der Waals surface area contributed by atoms with Gasteiger partial charge in [-0.15, -0.1) is 0 Å². The van der Waals surface area contributed by atoms with Gasteiger partial charge in [-0.1, -0.05) is 44.5 Å². The molecule has 0 aliphatic carbocycles. The molecule has 1 aromatic rings. The fourth-order valence-corrected chi connectivity index (χ4v) is 2.24. The Morgan fingerprint density at radius 3 is 2.30 bits per heavy atom. The summed E-state index contributed by atoms with van der Waals surface area (Å²) >= 11 is 0. The van der Waals surface area contributed by atoms with Crippen molar-refractivity contribution >= 4 is 5.97 Å². The largest absolute Gasteiger partial charge is 0.464 e. The molecule has 0 fully saturated rings. The van der Waals surface area contributed by atoms with Crippen LogP contribution in [0.15, 0.2) is 24.3 Å². The lowest BCUT2D eigenvalue weighted by molar-refractivity contribution is -0.151. The molecule has 1 aromatic carbocycles. The van der Waals surface area contributed by atoms with E-state index in [-0.39, 0.29) is 5.97 Å². The molecule has 0 aromatic heterocycles. The summed E-state index contributed by atoms with van der Waals surface area (Å²) < 4.78 is 5.23. The van der Waals surface area contributed by atoms with Crippen LogP contribution in [0, 0.1) is 0 Å². The Balaban J connectivity index is 2.99. The number of carbonyl (C=O) groups is 1. The number of nitrogens with one attached hydrogen (secondary N) is 1. The maximum atomic E-state index is 12.3. The van der Waals surface area contributed by atoms with Crippen LogP contribution in [0.4, 0.5) is 0 Å². The minimum absolute atomic E-state index is 0.211. The Kier molecular flexibility index (Phi) is 6.73. The van der Waals surface area contributed by atoms with E-state index in [1.165, 1.54) is 5.56 Å². The van der Waals surface area contributed by atoms with E-state index in [1.54, 1.807) is 0 Å². The molecule has 0 aliphatic heterocycles. The van der Waals surface area contributed by atoms with Crippen molar-refractivity contribution in [3.05, 3.63) is 35.4 Å². The summed E-state index contributed by atoms with van der Waals surface area (Å²) in [6.07, 6.45) is 3.17. The first-order valence-corrected chi connectivity index (χ1v) is 7.60. The second-order valence-corrected chi connectivity index (χ2v) is 5.22. The fourth-order valence-electron chi connectivity index (χ4n) is 2.24. The summed E-state index contributed by atoms with van der Waals surface area (Å²) in [4.78, 5) is 12.3. The third-order valence-electron chi connectivity index (χ3n) is 3.48. The molecule has 112 valence electrons. The third-order valence-corrected chi connectivity index (χ3v) is 3.48. The number of rotatable bonds is 8. The summed E-state index contributed by atoms with van der Waals surface area (Å²) in [5.41, 5.74) is 1.50. The van der Waals surface area contributed by atoms with Crippen LogP contribution in [0.25, 0.3) is 0 Å². The first-order valence-electron chi connectivity index (χ1n) is 7.60. The number of esters is 1. The van der Waals surface area contributed by atoms with Gasteiger partial charge in [0.2, 0.25) is 0 Å². The first-order chi connectivity index (χ1) is 9.58. The van der Waals surface area contributed by atoms with Gasteiger partial charge in [-0.05, 0) is 44.4 Å². The highest BCUT2D eigenvalue weighted by Gasteiger charge is 2.35. The number of benzene rings is 1. The molecule has 1 N–H and O–H groups in total. The van der Waals surface area contributed by atoms with E-state index >= 15 is 0 Å². The van der Waals surface area contributed by atoms with Crippen molar-refractivity contribution < 1.29 is 9.53 Å². The SMILES string of the molecule is CCCNC(C)(C(=O)OCC)c1ccc(CCC)cc1. The highest BCUT2D eigenvalue weighted by Crippen LogP contribution is 2.23. The van der Waals surface area contributed by atoms with Gasteiger partial charge >= 0.3 is 5.97 Å². The minimum atomic E-state index is -0.767. The molecule has 20 heavy (non-hydrogen) atoms. The first kappa shape index (κ1) is 16.7. The Morgan fingerprint density at radius 2 is 1.80 bits per heavy atom. The lowest BCUT2D eigenvalue weighted by atomic mass is 9.90. The van der Waals surface area contributed by atoms with E-state index < -0.39 is 5.54 Å². The molecule has 0 amide bonds. The van der Waals surface area contributed by atoms with Gasteiger partial charge in [0.25, 0.3) is 0 Å². The van der Waals surface area contributed by atoms with Crippen LogP contribution >= 0.6 is 0 Å². The van der Waals surface area contributed by atoms with Crippen LogP contribution in [-0.2, 0) is 21.5 Å². The van der Waals surface area contributed by atoms with E-state index in [2.05, 4.69) is 31.3 Å². The van der Waals surface area contributed by atoms with E-state index in [0.29, 0.717) is 6.61 Å². The van der Waals surface area contributed by atoms with Gasteiger partial charge in [0.05, 0.1) is 6.61 Å². The van der Waals surface area contributed by atoms with E-state index in [0.717, 1.165) is 31.4 Å². The summed E-state index contributed by atoms with van der Waals surface area (Å²) in [6.45, 7) is 9.17.